The van der Waals surface area contributed by atoms with Crippen molar-refractivity contribution in [1.82, 2.24) is 9.88 Å². The Morgan fingerprint density at radius 3 is 2.71 bits per heavy atom. The second-order valence-corrected chi connectivity index (χ2v) is 16.8. The zero-order chi connectivity index (χ0) is 27.3. The number of esters is 1. The molecule has 0 saturated heterocycles. The number of methoxy groups -OCH3 is 1. The number of aromatic nitrogens is 1. The molecule has 0 saturated carbocycles. The van der Waals surface area contributed by atoms with E-state index in [1.54, 1.807) is 0 Å². The minimum absolute atomic E-state index is 0.229. The van der Waals surface area contributed by atoms with Gasteiger partial charge < -0.3 is 14.1 Å². The number of hydrogen-bond donors (Lipinski definition) is 1. The van der Waals surface area contributed by atoms with Crippen molar-refractivity contribution in [2.24, 2.45) is 0 Å². The van der Waals surface area contributed by atoms with Crippen LogP contribution in [0.4, 0.5) is 0 Å². The topological polar surface area (TPSA) is 54.6 Å². The molecule has 0 aliphatic heterocycles. The van der Waals surface area contributed by atoms with Gasteiger partial charge in [0.05, 0.1) is 7.11 Å². The second-order valence-electron chi connectivity index (χ2n) is 12.0. The maximum Gasteiger partial charge on any atom is 0.330 e. The van der Waals surface area contributed by atoms with E-state index in [1.807, 2.05) is 6.08 Å². The van der Waals surface area contributed by atoms with Gasteiger partial charge in [0, 0.05) is 48.9 Å². The molecule has 0 amide bonds. The van der Waals surface area contributed by atoms with E-state index in [0.29, 0.717) is 6.04 Å². The molecular weight excluding hydrogens is 488 g/mol. The number of rotatable bonds is 11. The monoisotopic (exact) mass is 532 g/mol. The van der Waals surface area contributed by atoms with Gasteiger partial charge in [0.1, 0.15) is 0 Å². The fourth-order valence-corrected chi connectivity index (χ4v) is 6.26. The molecule has 1 N–H and O–H groups in total. The van der Waals surface area contributed by atoms with Gasteiger partial charge in [-0.05, 0) is 78.2 Å². The van der Waals surface area contributed by atoms with Gasteiger partial charge in [-0.2, -0.15) is 0 Å². The van der Waals surface area contributed by atoms with Crippen LogP contribution < -0.4 is 0 Å². The lowest BCUT2D eigenvalue weighted by atomic mass is 10.0. The lowest BCUT2D eigenvalue weighted by Gasteiger charge is -2.36. The summed E-state index contributed by atoms with van der Waals surface area (Å²) in [6, 6.07) is 15.6. The maximum atomic E-state index is 11.5. The van der Waals surface area contributed by atoms with Crippen molar-refractivity contribution in [3.63, 3.8) is 0 Å². The van der Waals surface area contributed by atoms with Crippen molar-refractivity contribution in [3.05, 3.63) is 77.0 Å². The molecule has 1 atom stereocenters. The van der Waals surface area contributed by atoms with E-state index in [-0.39, 0.29) is 11.0 Å². The number of fused-ring (bicyclic) bond motifs is 2. The van der Waals surface area contributed by atoms with Gasteiger partial charge in [-0.15, -0.1) is 0 Å². The van der Waals surface area contributed by atoms with Gasteiger partial charge >= 0.3 is 5.97 Å². The Kier molecular flexibility index (Phi) is 8.96. The summed E-state index contributed by atoms with van der Waals surface area (Å²) in [5.74, 6) is -0.327. The van der Waals surface area contributed by atoms with Gasteiger partial charge in [-0.25, -0.2) is 4.79 Å². The first-order valence-corrected chi connectivity index (χ1v) is 16.8. The summed E-state index contributed by atoms with van der Waals surface area (Å²) < 4.78 is 11.3. The number of para-hydroxylation sites is 1. The molecule has 2 aromatic carbocycles. The molecule has 1 aliphatic carbocycles. The average Bonchev–Trinajstić information content (AvgIpc) is 3.50. The number of aromatic amines is 1. The van der Waals surface area contributed by atoms with E-state index in [1.165, 1.54) is 40.8 Å². The smallest absolute Gasteiger partial charge is 0.330 e. The summed E-state index contributed by atoms with van der Waals surface area (Å²) in [6.07, 6.45) is 9.73. The molecule has 204 valence electrons. The summed E-state index contributed by atoms with van der Waals surface area (Å²) in [7, 11) is -0.341. The Bertz CT molecular complexity index is 1270. The van der Waals surface area contributed by atoms with Gasteiger partial charge in [0.15, 0.2) is 8.32 Å². The van der Waals surface area contributed by atoms with E-state index >= 15 is 0 Å². The highest BCUT2D eigenvalue weighted by atomic mass is 28.4. The molecule has 1 unspecified atom stereocenters. The summed E-state index contributed by atoms with van der Waals surface area (Å²) >= 11 is 0. The molecule has 0 bridgehead atoms. The van der Waals surface area contributed by atoms with Crippen molar-refractivity contribution >= 4 is 31.3 Å². The third kappa shape index (κ3) is 6.66. The molecule has 0 radical (unpaired) electrons. The number of nitrogens with zero attached hydrogens (tertiary/aromatic N) is 1. The van der Waals surface area contributed by atoms with E-state index in [9.17, 15) is 4.79 Å². The molecule has 3 aromatic rings. The van der Waals surface area contributed by atoms with Crippen molar-refractivity contribution < 1.29 is 14.0 Å². The van der Waals surface area contributed by atoms with Crippen LogP contribution in [0.1, 0.15) is 61.9 Å². The lowest BCUT2D eigenvalue weighted by molar-refractivity contribution is -0.134. The number of benzene rings is 2. The second kappa shape index (κ2) is 12.0. The lowest BCUT2D eigenvalue weighted by Crippen LogP contribution is -2.41. The Morgan fingerprint density at radius 1 is 1.16 bits per heavy atom. The molecule has 38 heavy (non-hydrogen) atoms. The molecular formula is C32H44N2O3Si. The van der Waals surface area contributed by atoms with Gasteiger partial charge in [0.2, 0.25) is 0 Å². The molecule has 6 heteroatoms. The van der Waals surface area contributed by atoms with Crippen molar-refractivity contribution in [1.29, 1.82) is 0 Å². The molecule has 4 rings (SSSR count). The van der Waals surface area contributed by atoms with E-state index in [4.69, 9.17) is 9.16 Å². The van der Waals surface area contributed by atoms with Crippen LogP contribution in [0, 0.1) is 0 Å². The SMILES string of the molecule is COC(=O)C=Cc1ccc2c(c1)CCC2N(CCCO[Si](C)(C)C(C)(C)C)CCc1c[nH]c2ccccc12. The summed E-state index contributed by atoms with van der Waals surface area (Å²) in [5, 5.41) is 1.55. The zero-order valence-electron chi connectivity index (χ0n) is 24.0. The third-order valence-electron chi connectivity index (χ3n) is 8.47. The summed E-state index contributed by atoms with van der Waals surface area (Å²) in [6.45, 7) is 14.4. The fourth-order valence-electron chi connectivity index (χ4n) is 5.17. The largest absolute Gasteiger partial charge is 0.466 e. The number of hydrogen-bond acceptors (Lipinski definition) is 4. The van der Waals surface area contributed by atoms with Gasteiger partial charge in [-0.1, -0.05) is 57.2 Å². The Hall–Kier alpha value is -2.67. The molecule has 5 nitrogen and oxygen atoms in total. The highest BCUT2D eigenvalue weighted by Gasteiger charge is 2.37. The normalized spacial score (nSPS) is 16.0. The highest BCUT2D eigenvalue weighted by molar-refractivity contribution is 6.74. The molecule has 1 heterocycles. The zero-order valence-corrected chi connectivity index (χ0v) is 25.0. The first-order valence-electron chi connectivity index (χ1n) is 13.9. The first-order chi connectivity index (χ1) is 18.1. The minimum atomic E-state index is -1.75. The maximum absolute atomic E-state index is 11.5. The summed E-state index contributed by atoms with van der Waals surface area (Å²) in [5.41, 5.74) is 6.43. The van der Waals surface area contributed by atoms with Crippen molar-refractivity contribution in [2.45, 2.75) is 70.6 Å². The number of nitrogens with one attached hydrogen (secondary N) is 1. The van der Waals surface area contributed by atoms with Crippen LogP contribution in [0.5, 0.6) is 0 Å². The minimum Gasteiger partial charge on any atom is -0.466 e. The number of carbonyl (C=O) groups excluding carboxylic acids is 1. The van der Waals surface area contributed by atoms with Crippen LogP contribution in [0.15, 0.2) is 54.7 Å². The van der Waals surface area contributed by atoms with Crippen LogP contribution in [0.3, 0.4) is 0 Å². The van der Waals surface area contributed by atoms with Crippen molar-refractivity contribution in [3.8, 4) is 0 Å². The summed E-state index contributed by atoms with van der Waals surface area (Å²) in [4.78, 5) is 17.6. The predicted molar refractivity (Wildman–Crippen MR) is 160 cm³/mol. The first kappa shape index (κ1) is 28.3. The number of carbonyl (C=O) groups is 1. The Balaban J connectivity index is 1.48. The predicted octanol–water partition coefficient (Wildman–Crippen LogP) is 7.30. The number of ether oxygens (including phenoxy) is 1. The van der Waals surface area contributed by atoms with E-state index in [0.717, 1.165) is 50.9 Å². The van der Waals surface area contributed by atoms with Crippen LogP contribution in [0.25, 0.3) is 17.0 Å². The van der Waals surface area contributed by atoms with Crippen LogP contribution in [0.2, 0.25) is 18.1 Å². The van der Waals surface area contributed by atoms with Gasteiger partial charge in [0.25, 0.3) is 0 Å². The molecule has 1 aliphatic rings. The standard InChI is InChI=1S/C32H44N2O3Si/c1-32(2,3)38(5,6)37-21-9-19-34(20-18-26-23-33-29-11-8-7-10-27(26)29)30-16-14-25-22-24(12-15-28(25)30)13-17-31(35)36-4/h7-8,10-13,15,17,22-23,30,33H,9,14,16,18-21H2,1-6H3. The Morgan fingerprint density at radius 2 is 1.95 bits per heavy atom. The molecule has 0 fully saturated rings. The quantitative estimate of drug-likeness (QED) is 0.122. The Labute approximate surface area is 229 Å². The number of aryl methyl sites for hydroxylation is 1. The third-order valence-corrected chi connectivity index (χ3v) is 13.0. The van der Waals surface area contributed by atoms with Crippen molar-refractivity contribution in [2.75, 3.05) is 26.8 Å². The van der Waals surface area contributed by atoms with Crippen LogP contribution in [-0.2, 0) is 26.8 Å². The average molecular weight is 533 g/mol. The van der Waals surface area contributed by atoms with E-state index in [2.05, 4.69) is 92.4 Å². The fraction of sp³-hybridized carbons (Fsp3) is 0.469. The van der Waals surface area contributed by atoms with E-state index < -0.39 is 8.32 Å². The highest BCUT2D eigenvalue weighted by Crippen LogP contribution is 2.38. The van der Waals surface area contributed by atoms with Crippen LogP contribution in [-0.4, -0.2) is 51.0 Å². The molecule has 1 aromatic heterocycles. The van der Waals surface area contributed by atoms with Gasteiger partial charge in [-0.3, -0.25) is 4.90 Å². The molecule has 0 spiro atoms. The van der Waals surface area contributed by atoms with Crippen LogP contribution >= 0.6 is 0 Å². The number of H-pyrrole nitrogens is 1.